The Morgan fingerprint density at radius 3 is 1.68 bits per heavy atom. The first kappa shape index (κ1) is 33.9. The fraction of sp³-hybridized carbons (Fsp3) is 0.516. The number of nitrogens with zero attached hydrogens (tertiary/aromatic N) is 2. The number of carbonyl (C=O) groups excluding carboxylic acids is 3. The van der Waals surface area contributed by atoms with Gasteiger partial charge in [0.25, 0.3) is 11.8 Å². The topological polar surface area (TPSA) is 134 Å². The summed E-state index contributed by atoms with van der Waals surface area (Å²) in [4.78, 5) is 43.1. The van der Waals surface area contributed by atoms with Gasteiger partial charge in [-0.05, 0) is 44.5 Å². The maximum atomic E-state index is 13.7. The third-order valence-corrected chi connectivity index (χ3v) is 7.62. The molecule has 2 atom stereocenters. The van der Waals surface area contributed by atoms with E-state index in [1.54, 1.807) is 34.1 Å². The summed E-state index contributed by atoms with van der Waals surface area (Å²) in [6.45, 7) is 5.28. The minimum atomic E-state index is -0.460. The smallest absolute Gasteiger partial charge is 0.409 e. The SMILES string of the molecule is CCN(CC)C(=O)OC[C@H]1CN(C(=O)c2cc(OC)c(OC)c(OC)c2)CC[C@H]1NC(=O)c1cc(OC)c(OC)c(OC)c1. The van der Waals surface area contributed by atoms with Gasteiger partial charge in [-0.3, -0.25) is 9.59 Å². The Bertz CT molecular complexity index is 1260. The largest absolute Gasteiger partial charge is 0.493 e. The van der Waals surface area contributed by atoms with E-state index in [1.807, 2.05) is 13.8 Å². The van der Waals surface area contributed by atoms with Crippen molar-refractivity contribution in [1.82, 2.24) is 15.1 Å². The fourth-order valence-electron chi connectivity index (χ4n) is 5.18. The monoisotopic (exact) mass is 617 g/mol. The molecule has 13 heteroatoms. The minimum absolute atomic E-state index is 0.00539. The van der Waals surface area contributed by atoms with Crippen molar-refractivity contribution >= 4 is 17.9 Å². The molecule has 13 nitrogen and oxygen atoms in total. The number of carbonyl (C=O) groups is 3. The first-order chi connectivity index (χ1) is 21.2. The third kappa shape index (κ3) is 7.50. The molecule has 1 aliphatic heterocycles. The molecule has 2 aromatic rings. The fourth-order valence-corrected chi connectivity index (χ4v) is 5.18. The van der Waals surface area contributed by atoms with Gasteiger partial charge < -0.3 is 48.3 Å². The van der Waals surface area contributed by atoms with Gasteiger partial charge in [-0.25, -0.2) is 4.79 Å². The molecule has 0 bridgehead atoms. The maximum Gasteiger partial charge on any atom is 0.409 e. The molecule has 0 saturated carbocycles. The highest BCUT2D eigenvalue weighted by atomic mass is 16.6. The highest BCUT2D eigenvalue weighted by molar-refractivity contribution is 5.97. The Kier molecular flexibility index (Phi) is 12.2. The summed E-state index contributed by atoms with van der Waals surface area (Å²) < 4.78 is 38.1. The molecule has 1 saturated heterocycles. The standard InChI is InChI=1S/C31H43N3O10/c1-9-33(10-2)31(37)44-18-21-17-34(30(36)20-15-25(40-5)28(43-8)26(16-20)41-6)12-11-22(21)32-29(35)19-13-23(38-3)27(42-7)24(14-19)39-4/h13-16,21-22H,9-12,17-18H2,1-8H3,(H,32,35)/t21-,22-/m1/s1. The lowest BCUT2D eigenvalue weighted by Gasteiger charge is -2.39. The van der Waals surface area contributed by atoms with E-state index in [-0.39, 0.29) is 25.0 Å². The molecular formula is C31H43N3O10. The normalized spacial score (nSPS) is 16.0. The highest BCUT2D eigenvalue weighted by Crippen LogP contribution is 2.39. The van der Waals surface area contributed by atoms with Gasteiger partial charge in [0.15, 0.2) is 23.0 Å². The number of likely N-dealkylation sites (tertiary alicyclic amines) is 1. The van der Waals surface area contributed by atoms with Gasteiger partial charge in [0.2, 0.25) is 11.5 Å². The Balaban J connectivity index is 1.88. The molecular weight excluding hydrogens is 574 g/mol. The van der Waals surface area contributed by atoms with Crippen molar-refractivity contribution in [1.29, 1.82) is 0 Å². The van der Waals surface area contributed by atoms with Crippen LogP contribution in [0.3, 0.4) is 0 Å². The number of nitrogens with one attached hydrogen (secondary N) is 1. The number of methoxy groups -OCH3 is 6. The van der Waals surface area contributed by atoms with Crippen molar-refractivity contribution < 1.29 is 47.5 Å². The van der Waals surface area contributed by atoms with Gasteiger partial charge in [0, 0.05) is 49.3 Å². The molecule has 1 N–H and O–H groups in total. The van der Waals surface area contributed by atoms with E-state index in [0.29, 0.717) is 71.7 Å². The molecule has 1 aliphatic rings. The summed E-state index contributed by atoms with van der Waals surface area (Å²) in [5.74, 6) is 1.09. The van der Waals surface area contributed by atoms with E-state index in [0.717, 1.165) is 0 Å². The van der Waals surface area contributed by atoms with Crippen LogP contribution in [-0.4, -0.2) is 109 Å². The Labute approximate surface area is 258 Å². The summed E-state index contributed by atoms with van der Waals surface area (Å²) in [6, 6.07) is 5.91. The predicted molar refractivity (Wildman–Crippen MR) is 162 cm³/mol. The molecule has 0 aliphatic carbocycles. The number of hydrogen-bond donors (Lipinski definition) is 1. The van der Waals surface area contributed by atoms with Crippen LogP contribution in [-0.2, 0) is 4.74 Å². The van der Waals surface area contributed by atoms with Gasteiger partial charge in [-0.1, -0.05) is 0 Å². The van der Waals surface area contributed by atoms with Crippen LogP contribution in [0.25, 0.3) is 0 Å². The number of hydrogen-bond acceptors (Lipinski definition) is 10. The van der Waals surface area contributed by atoms with Crippen LogP contribution in [0.5, 0.6) is 34.5 Å². The van der Waals surface area contributed by atoms with Gasteiger partial charge in [0.1, 0.15) is 0 Å². The van der Waals surface area contributed by atoms with Gasteiger partial charge in [-0.2, -0.15) is 0 Å². The zero-order chi connectivity index (χ0) is 32.4. The molecule has 3 rings (SSSR count). The van der Waals surface area contributed by atoms with Crippen LogP contribution in [0.1, 0.15) is 41.0 Å². The second-order valence-electron chi connectivity index (χ2n) is 9.96. The van der Waals surface area contributed by atoms with Crippen molar-refractivity contribution in [2.75, 3.05) is 75.4 Å². The molecule has 0 unspecified atom stereocenters. The van der Waals surface area contributed by atoms with E-state index < -0.39 is 18.1 Å². The van der Waals surface area contributed by atoms with Gasteiger partial charge >= 0.3 is 6.09 Å². The lowest BCUT2D eigenvalue weighted by molar-refractivity contribution is 0.0424. The van der Waals surface area contributed by atoms with Crippen LogP contribution in [0.4, 0.5) is 4.79 Å². The lowest BCUT2D eigenvalue weighted by atomic mass is 9.91. The van der Waals surface area contributed by atoms with E-state index in [4.69, 9.17) is 33.2 Å². The van der Waals surface area contributed by atoms with Crippen LogP contribution in [0.15, 0.2) is 24.3 Å². The first-order valence-electron chi connectivity index (χ1n) is 14.3. The Hall–Kier alpha value is -4.55. The van der Waals surface area contributed by atoms with Gasteiger partial charge in [-0.15, -0.1) is 0 Å². The van der Waals surface area contributed by atoms with Crippen molar-refractivity contribution in [2.24, 2.45) is 5.92 Å². The minimum Gasteiger partial charge on any atom is -0.493 e. The summed E-state index contributed by atoms with van der Waals surface area (Å²) in [7, 11) is 8.88. The number of piperidine rings is 1. The summed E-state index contributed by atoms with van der Waals surface area (Å²) in [5, 5.41) is 3.07. The molecule has 242 valence electrons. The van der Waals surface area contributed by atoms with Crippen LogP contribution < -0.4 is 33.7 Å². The predicted octanol–water partition coefficient (Wildman–Crippen LogP) is 3.48. The second kappa shape index (κ2) is 15.8. The molecule has 0 radical (unpaired) electrons. The van der Waals surface area contributed by atoms with Crippen LogP contribution in [0, 0.1) is 5.92 Å². The van der Waals surface area contributed by atoms with Crippen molar-refractivity contribution in [3.63, 3.8) is 0 Å². The van der Waals surface area contributed by atoms with Crippen molar-refractivity contribution in [3.8, 4) is 34.5 Å². The average molecular weight is 618 g/mol. The summed E-state index contributed by atoms with van der Waals surface area (Å²) in [6.07, 6.45) is -0.0439. The molecule has 3 amide bonds. The number of rotatable bonds is 13. The number of amides is 3. The van der Waals surface area contributed by atoms with E-state index in [2.05, 4.69) is 5.32 Å². The summed E-state index contributed by atoms with van der Waals surface area (Å²) >= 11 is 0. The Morgan fingerprint density at radius 2 is 1.25 bits per heavy atom. The molecule has 0 aromatic heterocycles. The molecule has 2 aromatic carbocycles. The zero-order valence-electron chi connectivity index (χ0n) is 26.7. The molecule has 0 spiro atoms. The average Bonchev–Trinajstić information content (AvgIpc) is 3.06. The zero-order valence-corrected chi connectivity index (χ0v) is 26.7. The van der Waals surface area contributed by atoms with E-state index in [9.17, 15) is 14.4 Å². The van der Waals surface area contributed by atoms with Crippen molar-refractivity contribution in [2.45, 2.75) is 26.3 Å². The van der Waals surface area contributed by atoms with E-state index in [1.165, 1.54) is 42.7 Å². The Morgan fingerprint density at radius 1 is 0.773 bits per heavy atom. The highest BCUT2D eigenvalue weighted by Gasteiger charge is 2.35. The van der Waals surface area contributed by atoms with E-state index >= 15 is 0 Å². The summed E-state index contributed by atoms with van der Waals surface area (Å²) in [5.41, 5.74) is 0.646. The van der Waals surface area contributed by atoms with Crippen molar-refractivity contribution in [3.05, 3.63) is 35.4 Å². The third-order valence-electron chi connectivity index (χ3n) is 7.62. The number of benzene rings is 2. The maximum absolute atomic E-state index is 13.7. The van der Waals surface area contributed by atoms with Crippen LogP contribution in [0.2, 0.25) is 0 Å². The number of ether oxygens (including phenoxy) is 7. The van der Waals surface area contributed by atoms with Gasteiger partial charge in [0.05, 0.1) is 49.3 Å². The first-order valence-corrected chi connectivity index (χ1v) is 14.3. The lowest BCUT2D eigenvalue weighted by Crippen LogP contribution is -2.54. The second-order valence-corrected chi connectivity index (χ2v) is 9.96. The quantitative estimate of drug-likeness (QED) is 0.356. The molecule has 1 fully saturated rings. The molecule has 1 heterocycles. The van der Waals surface area contributed by atoms with Crippen LogP contribution >= 0.6 is 0 Å². The molecule has 44 heavy (non-hydrogen) atoms.